The molecule has 0 N–H and O–H groups in total. The van der Waals surface area contributed by atoms with Gasteiger partial charge >= 0.3 is 0 Å². The van der Waals surface area contributed by atoms with E-state index in [4.69, 9.17) is 4.74 Å². The van der Waals surface area contributed by atoms with Gasteiger partial charge in [0.15, 0.2) is 0 Å². The number of benzene rings is 2. The van der Waals surface area contributed by atoms with Gasteiger partial charge in [0.2, 0.25) is 0 Å². The maximum atomic E-state index is 6.92. The second-order valence-corrected chi connectivity index (χ2v) is 12.0. The van der Waals surface area contributed by atoms with Gasteiger partial charge in [-0.15, -0.1) is 0 Å². The zero-order valence-electron chi connectivity index (χ0n) is 22.8. The van der Waals surface area contributed by atoms with Crippen LogP contribution >= 0.6 is 0 Å². The van der Waals surface area contributed by atoms with E-state index < -0.39 is 0 Å². The van der Waals surface area contributed by atoms with Crippen LogP contribution in [0.4, 0.5) is 0 Å². The van der Waals surface area contributed by atoms with Crippen LogP contribution in [-0.2, 0) is 0 Å². The van der Waals surface area contributed by atoms with Crippen molar-refractivity contribution in [3.63, 3.8) is 0 Å². The van der Waals surface area contributed by atoms with Crippen LogP contribution in [0.3, 0.4) is 0 Å². The number of rotatable bonds is 2. The standard InChI is InChI=1S/C40H30O/c1-2-8-26-21-27(16-15-25(26)7-1)28-17-18-30-23-32(20-19-29(30)22-28)34-11-5-14-37-36-13-6-12-35-33-10-4-3-9-31(33)24-38(39(35)36)41-40(34)37/h1-20,22,24,26,30,38-39H,21,23H2. The molecule has 196 valence electrons. The molecular formula is C40H30O. The summed E-state index contributed by atoms with van der Waals surface area (Å²) in [7, 11) is 0. The topological polar surface area (TPSA) is 9.23 Å². The Morgan fingerprint density at radius 2 is 1.51 bits per heavy atom. The highest BCUT2D eigenvalue weighted by molar-refractivity contribution is 5.92. The minimum Gasteiger partial charge on any atom is -0.484 e. The van der Waals surface area contributed by atoms with Crippen LogP contribution < -0.4 is 15.2 Å². The fourth-order valence-electron chi connectivity index (χ4n) is 7.66. The summed E-state index contributed by atoms with van der Waals surface area (Å²) in [6, 6.07) is 15.4. The minimum atomic E-state index is 0.00736. The third-order valence-corrected chi connectivity index (χ3v) is 9.73. The molecule has 0 fully saturated rings. The van der Waals surface area contributed by atoms with Crippen LogP contribution in [0.5, 0.6) is 5.75 Å². The molecule has 0 bridgehead atoms. The molecule has 0 aromatic heterocycles. The Morgan fingerprint density at radius 3 is 2.51 bits per heavy atom. The van der Waals surface area contributed by atoms with Gasteiger partial charge in [-0.2, -0.15) is 0 Å². The van der Waals surface area contributed by atoms with Crippen molar-refractivity contribution in [3.05, 3.63) is 171 Å². The van der Waals surface area contributed by atoms with Gasteiger partial charge in [-0.25, -0.2) is 0 Å². The predicted molar refractivity (Wildman–Crippen MR) is 169 cm³/mol. The van der Waals surface area contributed by atoms with Crippen molar-refractivity contribution >= 4 is 22.8 Å². The Labute approximate surface area is 241 Å². The molecule has 1 nitrogen and oxygen atoms in total. The lowest BCUT2D eigenvalue weighted by Crippen LogP contribution is -2.43. The Balaban J connectivity index is 1.07. The third-order valence-electron chi connectivity index (χ3n) is 9.73. The lowest BCUT2D eigenvalue weighted by Gasteiger charge is -2.39. The molecule has 1 heteroatoms. The van der Waals surface area contributed by atoms with Crippen LogP contribution in [0.25, 0.3) is 22.8 Å². The molecule has 2 aromatic rings. The van der Waals surface area contributed by atoms with E-state index >= 15 is 0 Å². The van der Waals surface area contributed by atoms with Crippen LogP contribution in [0.2, 0.25) is 0 Å². The van der Waals surface area contributed by atoms with E-state index in [1.165, 1.54) is 60.6 Å². The van der Waals surface area contributed by atoms with Gasteiger partial charge in [0, 0.05) is 23.0 Å². The molecule has 0 spiro atoms. The first kappa shape index (κ1) is 23.1. The molecule has 7 aliphatic rings. The zero-order valence-corrected chi connectivity index (χ0v) is 22.8. The number of para-hydroxylation sites is 1. The molecule has 4 unspecified atom stereocenters. The Bertz CT molecular complexity index is 1970. The van der Waals surface area contributed by atoms with Gasteiger partial charge in [-0.1, -0.05) is 128 Å². The molecule has 1 heterocycles. The molecule has 4 atom stereocenters. The average Bonchev–Trinajstić information content (AvgIpc) is 3.04. The van der Waals surface area contributed by atoms with Crippen molar-refractivity contribution in [1.29, 1.82) is 0 Å². The molecule has 0 amide bonds. The molecule has 41 heavy (non-hydrogen) atoms. The molecule has 0 saturated carbocycles. The Kier molecular flexibility index (Phi) is 5.04. The zero-order chi connectivity index (χ0) is 26.9. The van der Waals surface area contributed by atoms with Gasteiger partial charge in [0.05, 0.1) is 5.92 Å². The summed E-state index contributed by atoms with van der Waals surface area (Å²) in [5, 5.41) is 2.60. The van der Waals surface area contributed by atoms with Crippen molar-refractivity contribution in [2.75, 3.05) is 0 Å². The Hall–Kier alpha value is -4.62. The van der Waals surface area contributed by atoms with Gasteiger partial charge in [-0.3, -0.25) is 0 Å². The quantitative estimate of drug-likeness (QED) is 0.394. The first-order chi connectivity index (χ1) is 20.3. The van der Waals surface area contributed by atoms with Gasteiger partial charge in [0.1, 0.15) is 11.9 Å². The number of ether oxygens (including phenoxy) is 1. The van der Waals surface area contributed by atoms with Crippen LogP contribution in [0.1, 0.15) is 24.0 Å². The summed E-state index contributed by atoms with van der Waals surface area (Å²) in [6.45, 7) is 0. The molecular weight excluding hydrogens is 496 g/mol. The summed E-state index contributed by atoms with van der Waals surface area (Å²) in [6.07, 6.45) is 36.5. The largest absolute Gasteiger partial charge is 0.484 e. The second-order valence-electron chi connectivity index (χ2n) is 12.0. The van der Waals surface area contributed by atoms with Gasteiger partial charge < -0.3 is 4.74 Å². The molecule has 1 aliphatic heterocycles. The molecule has 6 aliphatic carbocycles. The highest BCUT2D eigenvalue weighted by Gasteiger charge is 2.39. The van der Waals surface area contributed by atoms with Crippen LogP contribution in [0, 0.1) is 17.8 Å². The van der Waals surface area contributed by atoms with Crippen LogP contribution in [0.15, 0.2) is 150 Å². The van der Waals surface area contributed by atoms with E-state index in [-0.39, 0.29) is 12.0 Å². The maximum absolute atomic E-state index is 6.92. The maximum Gasteiger partial charge on any atom is 0.135 e. The van der Waals surface area contributed by atoms with Crippen LogP contribution in [-0.4, -0.2) is 6.10 Å². The molecule has 2 aromatic carbocycles. The van der Waals surface area contributed by atoms with Crippen molar-refractivity contribution in [3.8, 4) is 5.75 Å². The normalized spacial score (nSPS) is 27.7. The molecule has 0 radical (unpaired) electrons. The monoisotopic (exact) mass is 526 g/mol. The van der Waals surface area contributed by atoms with E-state index in [1.807, 2.05) is 0 Å². The summed E-state index contributed by atoms with van der Waals surface area (Å²) in [5.41, 5.74) is 12.2. The van der Waals surface area contributed by atoms with E-state index in [2.05, 4.69) is 134 Å². The number of hydrogen-bond donors (Lipinski definition) is 0. The minimum absolute atomic E-state index is 0.00736. The van der Waals surface area contributed by atoms with Crippen molar-refractivity contribution < 1.29 is 4.74 Å². The van der Waals surface area contributed by atoms with Crippen molar-refractivity contribution in [1.82, 2.24) is 0 Å². The second kappa shape index (κ2) is 8.94. The fourth-order valence-corrected chi connectivity index (χ4v) is 7.66. The van der Waals surface area contributed by atoms with Gasteiger partial charge in [-0.05, 0) is 68.4 Å². The summed E-state index contributed by atoms with van der Waals surface area (Å²) < 4.78 is 6.92. The first-order valence-electron chi connectivity index (χ1n) is 14.9. The first-order valence-corrected chi connectivity index (χ1v) is 14.9. The highest BCUT2D eigenvalue weighted by atomic mass is 16.5. The SMILES string of the molecule is C1=CC2=CC=C(C3=CC4=CC=C(c5cccc6c5OC5C=c7ccccc7=C7C=CC=C6C75)CC4C=C3)CC2C=C1. The smallest absolute Gasteiger partial charge is 0.135 e. The van der Waals surface area contributed by atoms with E-state index in [0.29, 0.717) is 11.8 Å². The number of hydrogen-bond acceptors (Lipinski definition) is 1. The lowest BCUT2D eigenvalue weighted by molar-refractivity contribution is 0.231. The Morgan fingerprint density at radius 1 is 0.659 bits per heavy atom. The fraction of sp³-hybridized carbons (Fsp3) is 0.150. The van der Waals surface area contributed by atoms with Crippen molar-refractivity contribution in [2.24, 2.45) is 17.8 Å². The van der Waals surface area contributed by atoms with Crippen molar-refractivity contribution in [2.45, 2.75) is 18.9 Å². The number of allylic oxidation sites excluding steroid dienone is 19. The number of fused-ring (bicyclic) bond motifs is 5. The summed E-state index contributed by atoms with van der Waals surface area (Å²) >= 11 is 0. The summed E-state index contributed by atoms with van der Waals surface area (Å²) in [4.78, 5) is 0. The average molecular weight is 527 g/mol. The third kappa shape index (κ3) is 3.62. The van der Waals surface area contributed by atoms with E-state index in [1.54, 1.807) is 0 Å². The molecule has 9 rings (SSSR count). The summed E-state index contributed by atoms with van der Waals surface area (Å²) in [5.74, 6) is 2.17. The molecule has 0 saturated heterocycles. The predicted octanol–water partition coefficient (Wildman–Crippen LogP) is 7.49. The van der Waals surface area contributed by atoms with E-state index in [9.17, 15) is 0 Å². The highest BCUT2D eigenvalue weighted by Crippen LogP contribution is 2.50. The van der Waals surface area contributed by atoms with E-state index in [0.717, 1.165) is 18.6 Å². The lowest BCUT2D eigenvalue weighted by atomic mass is 9.73. The van der Waals surface area contributed by atoms with Gasteiger partial charge in [0.25, 0.3) is 0 Å².